The van der Waals surface area contributed by atoms with Gasteiger partial charge in [0.15, 0.2) is 11.5 Å². The minimum Gasteiger partial charge on any atom is -0.493 e. The minimum absolute atomic E-state index is 0.0967. The average molecular weight is 477 g/mol. The predicted molar refractivity (Wildman–Crippen MR) is 129 cm³/mol. The van der Waals surface area contributed by atoms with Crippen LogP contribution in [0.25, 0.3) is 6.08 Å². The topological polar surface area (TPSA) is 109 Å². The van der Waals surface area contributed by atoms with Crippen LogP contribution in [-0.2, 0) is 11.4 Å². The molecule has 0 aromatic heterocycles. The van der Waals surface area contributed by atoms with E-state index in [0.717, 1.165) is 0 Å². The number of carbonyl (C=O) groups excluding carboxylic acids is 1. The van der Waals surface area contributed by atoms with Crippen LogP contribution in [0.3, 0.4) is 0 Å². The van der Waals surface area contributed by atoms with E-state index in [1.807, 2.05) is 6.07 Å². The van der Waals surface area contributed by atoms with Crippen molar-refractivity contribution in [2.24, 2.45) is 0 Å². The number of methoxy groups -OCH3 is 1. The van der Waals surface area contributed by atoms with E-state index >= 15 is 0 Å². The fourth-order valence-electron chi connectivity index (χ4n) is 3.10. The van der Waals surface area contributed by atoms with Gasteiger partial charge in [-0.2, -0.15) is 5.26 Å². The van der Waals surface area contributed by atoms with Crippen molar-refractivity contribution in [3.63, 3.8) is 0 Å². The number of nitriles is 1. The van der Waals surface area contributed by atoms with E-state index in [4.69, 9.17) is 26.2 Å². The van der Waals surface area contributed by atoms with Crippen molar-refractivity contribution in [2.45, 2.75) is 13.5 Å². The lowest BCUT2D eigenvalue weighted by Gasteiger charge is -2.12. The van der Waals surface area contributed by atoms with Crippen LogP contribution >= 0.6 is 11.6 Å². The second-order valence-corrected chi connectivity index (χ2v) is 7.65. The van der Waals surface area contributed by atoms with Gasteiger partial charge in [-0.05, 0) is 66.1 Å². The van der Waals surface area contributed by atoms with Crippen molar-refractivity contribution in [3.05, 3.63) is 93.5 Å². The fourth-order valence-corrected chi connectivity index (χ4v) is 3.27. The van der Waals surface area contributed by atoms with Gasteiger partial charge in [0.25, 0.3) is 5.91 Å². The third kappa shape index (κ3) is 5.94. The number of carboxylic acid groups (broad SMARTS) is 1. The number of aromatic carboxylic acids is 1. The van der Waals surface area contributed by atoms with E-state index in [0.29, 0.717) is 38.9 Å². The van der Waals surface area contributed by atoms with Gasteiger partial charge in [0.1, 0.15) is 18.2 Å². The van der Waals surface area contributed by atoms with E-state index in [2.05, 4.69) is 5.32 Å². The molecule has 1 amide bonds. The van der Waals surface area contributed by atoms with Crippen molar-refractivity contribution in [1.82, 2.24) is 0 Å². The summed E-state index contributed by atoms with van der Waals surface area (Å²) in [4.78, 5) is 23.8. The molecular formula is C26H21ClN2O5. The monoisotopic (exact) mass is 476 g/mol. The highest BCUT2D eigenvalue weighted by molar-refractivity contribution is 6.31. The first kappa shape index (κ1) is 24.4. The molecule has 0 atom stereocenters. The SMILES string of the molecule is COc1cc(/C=C(\C#N)C(=O)Nc2cccc(Cl)c2C)ccc1OCc1cccc(C(=O)O)c1. The summed E-state index contributed by atoms with van der Waals surface area (Å²) in [6.07, 6.45) is 1.44. The predicted octanol–water partition coefficient (Wildman–Crippen LogP) is 5.48. The zero-order chi connectivity index (χ0) is 24.7. The van der Waals surface area contributed by atoms with Crippen molar-refractivity contribution < 1.29 is 24.2 Å². The van der Waals surface area contributed by atoms with Crippen molar-refractivity contribution in [2.75, 3.05) is 12.4 Å². The Morgan fingerprint density at radius 3 is 2.59 bits per heavy atom. The Morgan fingerprint density at radius 1 is 1.12 bits per heavy atom. The molecule has 3 aromatic rings. The molecule has 3 rings (SSSR count). The summed E-state index contributed by atoms with van der Waals surface area (Å²) >= 11 is 6.09. The van der Waals surface area contributed by atoms with Gasteiger partial charge in [0, 0.05) is 10.7 Å². The van der Waals surface area contributed by atoms with Gasteiger partial charge in [-0.25, -0.2) is 4.79 Å². The standard InChI is InChI=1S/C26H21ClN2O5/c1-16-21(27)7-4-8-22(16)29-25(30)20(14-28)11-17-9-10-23(24(13-17)33-2)34-15-18-5-3-6-19(12-18)26(31)32/h3-13H,15H2,1-2H3,(H,29,30)(H,31,32)/b20-11+. The second kappa shape index (κ2) is 11.0. The van der Waals surface area contributed by atoms with Gasteiger partial charge in [0.05, 0.1) is 12.7 Å². The van der Waals surface area contributed by atoms with Gasteiger partial charge >= 0.3 is 5.97 Å². The van der Waals surface area contributed by atoms with Gasteiger partial charge in [-0.3, -0.25) is 4.79 Å². The molecular weight excluding hydrogens is 456 g/mol. The molecule has 0 spiro atoms. The number of benzene rings is 3. The normalized spacial score (nSPS) is 10.8. The van der Waals surface area contributed by atoms with Crippen LogP contribution in [0.15, 0.2) is 66.2 Å². The van der Waals surface area contributed by atoms with Crippen molar-refractivity contribution in [1.29, 1.82) is 5.26 Å². The third-order valence-electron chi connectivity index (χ3n) is 4.95. The molecule has 0 aliphatic carbocycles. The van der Waals surface area contributed by atoms with E-state index in [1.165, 1.54) is 25.3 Å². The number of carbonyl (C=O) groups is 2. The van der Waals surface area contributed by atoms with E-state index < -0.39 is 11.9 Å². The summed E-state index contributed by atoms with van der Waals surface area (Å²) in [5.41, 5.74) is 2.54. The number of nitrogens with zero attached hydrogens (tertiary/aromatic N) is 1. The van der Waals surface area contributed by atoms with Crippen molar-refractivity contribution in [3.8, 4) is 17.6 Å². The highest BCUT2D eigenvalue weighted by atomic mass is 35.5. The summed E-state index contributed by atoms with van der Waals surface area (Å²) in [6, 6.07) is 18.5. The molecule has 0 bridgehead atoms. The number of hydrogen-bond donors (Lipinski definition) is 2. The summed E-state index contributed by atoms with van der Waals surface area (Å²) < 4.78 is 11.2. The maximum atomic E-state index is 12.6. The highest BCUT2D eigenvalue weighted by Crippen LogP contribution is 2.30. The number of nitrogens with one attached hydrogen (secondary N) is 1. The molecule has 8 heteroatoms. The lowest BCUT2D eigenvalue weighted by molar-refractivity contribution is -0.112. The number of ether oxygens (including phenoxy) is 2. The minimum atomic E-state index is -1.02. The molecule has 0 heterocycles. The molecule has 172 valence electrons. The fraction of sp³-hybridized carbons (Fsp3) is 0.115. The highest BCUT2D eigenvalue weighted by Gasteiger charge is 2.13. The van der Waals surface area contributed by atoms with Crippen LogP contribution < -0.4 is 14.8 Å². The largest absolute Gasteiger partial charge is 0.493 e. The van der Waals surface area contributed by atoms with Crippen LogP contribution in [0.2, 0.25) is 5.02 Å². The molecule has 0 fully saturated rings. The Kier molecular flexibility index (Phi) is 7.91. The molecule has 0 saturated carbocycles. The molecule has 3 aromatic carbocycles. The van der Waals surface area contributed by atoms with Crippen LogP contribution in [0, 0.1) is 18.3 Å². The van der Waals surface area contributed by atoms with Gasteiger partial charge in [-0.15, -0.1) is 0 Å². The Hall–Kier alpha value is -4.28. The van der Waals surface area contributed by atoms with Gasteiger partial charge in [-0.1, -0.05) is 35.9 Å². The quantitative estimate of drug-likeness (QED) is 0.329. The summed E-state index contributed by atoms with van der Waals surface area (Å²) in [7, 11) is 1.47. The maximum Gasteiger partial charge on any atom is 0.335 e. The number of anilines is 1. The van der Waals surface area contributed by atoms with Crippen LogP contribution in [0.5, 0.6) is 11.5 Å². The molecule has 7 nitrogen and oxygen atoms in total. The smallest absolute Gasteiger partial charge is 0.335 e. The number of carboxylic acids is 1. The first-order valence-corrected chi connectivity index (χ1v) is 10.5. The second-order valence-electron chi connectivity index (χ2n) is 7.24. The summed E-state index contributed by atoms with van der Waals surface area (Å²) in [5, 5.41) is 21.8. The summed E-state index contributed by atoms with van der Waals surface area (Å²) in [5.74, 6) is -0.756. The molecule has 34 heavy (non-hydrogen) atoms. The molecule has 0 saturated heterocycles. The lowest BCUT2D eigenvalue weighted by Crippen LogP contribution is -2.14. The van der Waals surface area contributed by atoms with Gasteiger partial charge in [0.2, 0.25) is 0 Å². The van der Waals surface area contributed by atoms with E-state index in [9.17, 15) is 14.9 Å². The molecule has 2 N–H and O–H groups in total. The first-order chi connectivity index (χ1) is 16.3. The van der Waals surface area contributed by atoms with Crippen LogP contribution in [-0.4, -0.2) is 24.1 Å². The Morgan fingerprint density at radius 2 is 1.88 bits per heavy atom. The lowest BCUT2D eigenvalue weighted by atomic mass is 10.1. The third-order valence-corrected chi connectivity index (χ3v) is 5.36. The number of amides is 1. The van der Waals surface area contributed by atoms with E-state index in [1.54, 1.807) is 55.5 Å². The Balaban J connectivity index is 1.77. The number of halogens is 1. The Labute approximate surface area is 201 Å². The van der Waals surface area contributed by atoms with Gasteiger partial charge < -0.3 is 19.9 Å². The van der Waals surface area contributed by atoms with Crippen molar-refractivity contribution >= 4 is 35.2 Å². The average Bonchev–Trinajstić information content (AvgIpc) is 2.84. The van der Waals surface area contributed by atoms with Crippen LogP contribution in [0.1, 0.15) is 27.0 Å². The zero-order valence-electron chi connectivity index (χ0n) is 18.5. The van der Waals surface area contributed by atoms with E-state index in [-0.39, 0.29) is 17.7 Å². The number of rotatable bonds is 8. The molecule has 0 unspecified atom stereocenters. The Bertz CT molecular complexity index is 1310. The number of hydrogen-bond acceptors (Lipinski definition) is 5. The molecule has 0 aliphatic heterocycles. The first-order valence-electron chi connectivity index (χ1n) is 10.1. The molecule has 0 aliphatic rings. The summed E-state index contributed by atoms with van der Waals surface area (Å²) in [6.45, 7) is 1.91. The van der Waals surface area contributed by atoms with Crippen LogP contribution in [0.4, 0.5) is 5.69 Å². The molecule has 0 radical (unpaired) electrons. The zero-order valence-corrected chi connectivity index (χ0v) is 19.2. The maximum absolute atomic E-state index is 12.6.